The summed E-state index contributed by atoms with van der Waals surface area (Å²) in [5.74, 6) is -0.111. The van der Waals surface area contributed by atoms with Crippen molar-refractivity contribution in [1.82, 2.24) is 5.32 Å². The maximum atomic E-state index is 12.4. The van der Waals surface area contributed by atoms with Gasteiger partial charge in [-0.1, -0.05) is 218 Å². The van der Waals surface area contributed by atoms with E-state index in [-0.39, 0.29) is 18.5 Å². The molecular weight excluding hydrogens is 707 g/mol. The van der Waals surface area contributed by atoms with Crippen LogP contribution in [0.5, 0.6) is 0 Å². The van der Waals surface area contributed by atoms with Gasteiger partial charge >= 0.3 is 5.97 Å². The zero-order valence-electron chi connectivity index (χ0n) is 38.1. The van der Waals surface area contributed by atoms with E-state index in [9.17, 15) is 19.8 Å². The third-order valence-corrected chi connectivity index (χ3v) is 11.5. The molecule has 0 spiro atoms. The van der Waals surface area contributed by atoms with Gasteiger partial charge in [-0.3, -0.25) is 9.59 Å². The Bertz CT molecular complexity index is 889. The van der Waals surface area contributed by atoms with Crippen molar-refractivity contribution in [3.63, 3.8) is 0 Å². The van der Waals surface area contributed by atoms with Crippen molar-refractivity contribution in [3.8, 4) is 0 Å². The number of ether oxygens (including phenoxy) is 1. The Hall–Kier alpha value is -1.66. The maximum Gasteiger partial charge on any atom is 0.305 e. The molecule has 0 aromatic carbocycles. The monoisotopic (exact) mass is 804 g/mol. The highest BCUT2D eigenvalue weighted by Crippen LogP contribution is 2.15. The van der Waals surface area contributed by atoms with Gasteiger partial charge in [0.1, 0.15) is 0 Å². The number of hydrogen-bond acceptors (Lipinski definition) is 5. The van der Waals surface area contributed by atoms with Gasteiger partial charge in [-0.2, -0.15) is 0 Å². The van der Waals surface area contributed by atoms with Gasteiger partial charge < -0.3 is 20.3 Å². The van der Waals surface area contributed by atoms with Crippen LogP contribution in [0.15, 0.2) is 24.3 Å². The number of allylic oxidation sites excluding steroid dienone is 3. The number of aliphatic hydroxyl groups excluding tert-OH is 2. The van der Waals surface area contributed by atoms with E-state index in [4.69, 9.17) is 4.74 Å². The number of aliphatic hydroxyl groups is 2. The van der Waals surface area contributed by atoms with Gasteiger partial charge in [0.2, 0.25) is 5.91 Å². The van der Waals surface area contributed by atoms with Crippen molar-refractivity contribution in [2.24, 2.45) is 0 Å². The smallest absolute Gasteiger partial charge is 0.305 e. The molecule has 0 aliphatic rings. The van der Waals surface area contributed by atoms with E-state index >= 15 is 0 Å². The van der Waals surface area contributed by atoms with Crippen molar-refractivity contribution < 1.29 is 24.5 Å². The molecule has 0 fully saturated rings. The van der Waals surface area contributed by atoms with Crippen LogP contribution in [0.4, 0.5) is 0 Å². The van der Waals surface area contributed by atoms with Gasteiger partial charge in [-0.05, 0) is 57.8 Å². The molecule has 336 valence electrons. The largest absolute Gasteiger partial charge is 0.466 e. The van der Waals surface area contributed by atoms with Gasteiger partial charge in [0.25, 0.3) is 0 Å². The summed E-state index contributed by atoms with van der Waals surface area (Å²) in [6, 6.07) is -0.641. The predicted molar refractivity (Wildman–Crippen MR) is 246 cm³/mol. The topological polar surface area (TPSA) is 95.9 Å². The number of nitrogens with one attached hydrogen (secondary N) is 1. The number of hydrogen-bond donors (Lipinski definition) is 3. The minimum Gasteiger partial charge on any atom is -0.466 e. The number of esters is 1. The minimum atomic E-state index is -0.856. The van der Waals surface area contributed by atoms with Gasteiger partial charge in [0.05, 0.1) is 25.4 Å². The van der Waals surface area contributed by atoms with E-state index < -0.39 is 12.1 Å². The van der Waals surface area contributed by atoms with Crippen molar-refractivity contribution in [2.45, 2.75) is 276 Å². The van der Waals surface area contributed by atoms with Crippen molar-refractivity contribution in [1.29, 1.82) is 0 Å². The molecule has 0 saturated heterocycles. The Kier molecular flexibility index (Phi) is 45.7. The van der Waals surface area contributed by atoms with Crippen LogP contribution >= 0.6 is 0 Å². The highest BCUT2D eigenvalue weighted by molar-refractivity contribution is 5.76. The first-order valence-corrected chi connectivity index (χ1v) is 25.1. The van der Waals surface area contributed by atoms with E-state index in [0.29, 0.717) is 19.4 Å². The van der Waals surface area contributed by atoms with Crippen LogP contribution in [0.25, 0.3) is 0 Å². The molecule has 0 saturated carbocycles. The summed E-state index contributed by atoms with van der Waals surface area (Å²) >= 11 is 0. The quantitative estimate of drug-likeness (QED) is 0.0324. The first-order valence-electron chi connectivity index (χ1n) is 25.1. The van der Waals surface area contributed by atoms with Crippen LogP contribution in [0.3, 0.4) is 0 Å². The second kappa shape index (κ2) is 47.0. The molecule has 0 aromatic rings. The van der Waals surface area contributed by atoms with Crippen LogP contribution in [0, 0.1) is 0 Å². The lowest BCUT2D eigenvalue weighted by Crippen LogP contribution is -2.45. The summed E-state index contributed by atoms with van der Waals surface area (Å²) < 4.78 is 5.45. The number of carbonyl (C=O) groups is 2. The second-order valence-corrected chi connectivity index (χ2v) is 17.1. The molecule has 1 amide bonds. The molecule has 57 heavy (non-hydrogen) atoms. The van der Waals surface area contributed by atoms with Crippen LogP contribution < -0.4 is 5.32 Å². The highest BCUT2D eigenvalue weighted by atomic mass is 16.5. The van der Waals surface area contributed by atoms with E-state index in [0.717, 1.165) is 57.8 Å². The summed E-state index contributed by atoms with van der Waals surface area (Å²) in [5.41, 5.74) is 0. The van der Waals surface area contributed by atoms with Crippen molar-refractivity contribution in [2.75, 3.05) is 13.2 Å². The van der Waals surface area contributed by atoms with Gasteiger partial charge in [0, 0.05) is 12.8 Å². The Morgan fingerprint density at radius 2 is 0.825 bits per heavy atom. The van der Waals surface area contributed by atoms with Gasteiger partial charge in [-0.15, -0.1) is 0 Å². The standard InChI is InChI=1S/C51H97NO5/c1-3-5-7-9-11-13-15-17-19-20-23-27-31-35-39-43-49(54)48(47-53)52-50(55)44-40-36-32-28-24-22-26-30-34-38-42-46-57-51(56)45-41-37-33-29-25-21-18-16-14-12-10-8-6-4-2/h16,18,39,43,48-49,53-54H,3-15,17,19-38,40-42,44-47H2,1-2H3,(H,52,55)/b18-16-,43-39+. The zero-order chi connectivity index (χ0) is 41.5. The van der Waals surface area contributed by atoms with Crippen molar-refractivity contribution >= 4 is 11.9 Å². The SMILES string of the molecule is CCCCCCC/C=C\CCCCCCCC(=O)OCCCCCCCCCCCCCC(=O)NC(CO)C(O)/C=C/CCCCCCCCCCCCCCC. The molecule has 0 aliphatic heterocycles. The fourth-order valence-electron chi connectivity index (χ4n) is 7.57. The molecule has 3 N–H and O–H groups in total. The molecule has 6 nitrogen and oxygen atoms in total. The molecule has 0 heterocycles. The van der Waals surface area contributed by atoms with Crippen LogP contribution in [0.1, 0.15) is 264 Å². The van der Waals surface area contributed by atoms with E-state index in [1.54, 1.807) is 6.08 Å². The Labute approximate surface area is 354 Å². The maximum absolute atomic E-state index is 12.4. The molecule has 2 unspecified atom stereocenters. The third kappa shape index (κ3) is 43.7. The summed E-state index contributed by atoms with van der Waals surface area (Å²) in [6.07, 6.45) is 54.5. The lowest BCUT2D eigenvalue weighted by Gasteiger charge is -2.20. The number of rotatable bonds is 46. The molecule has 2 atom stereocenters. The lowest BCUT2D eigenvalue weighted by molar-refractivity contribution is -0.143. The van der Waals surface area contributed by atoms with Crippen LogP contribution in [-0.4, -0.2) is 47.4 Å². The van der Waals surface area contributed by atoms with Crippen molar-refractivity contribution in [3.05, 3.63) is 24.3 Å². The number of carbonyl (C=O) groups excluding carboxylic acids is 2. The Morgan fingerprint density at radius 3 is 1.25 bits per heavy atom. The molecular formula is C51H97NO5. The predicted octanol–water partition coefficient (Wildman–Crippen LogP) is 14.7. The summed E-state index contributed by atoms with van der Waals surface area (Å²) in [5, 5.41) is 23.0. The summed E-state index contributed by atoms with van der Waals surface area (Å²) in [4.78, 5) is 24.4. The summed E-state index contributed by atoms with van der Waals surface area (Å²) in [7, 11) is 0. The van der Waals surface area contributed by atoms with E-state index in [1.165, 1.54) is 180 Å². The number of unbranched alkanes of at least 4 members (excludes halogenated alkanes) is 33. The minimum absolute atomic E-state index is 0.0242. The fourth-order valence-corrected chi connectivity index (χ4v) is 7.57. The average molecular weight is 804 g/mol. The molecule has 0 aliphatic carbocycles. The van der Waals surface area contributed by atoms with Gasteiger partial charge in [0.15, 0.2) is 0 Å². The number of amides is 1. The van der Waals surface area contributed by atoms with E-state index in [1.807, 2.05) is 6.08 Å². The fraction of sp³-hybridized carbons (Fsp3) is 0.882. The first kappa shape index (κ1) is 55.3. The normalized spacial score (nSPS) is 12.8. The van der Waals surface area contributed by atoms with Crippen LogP contribution in [0.2, 0.25) is 0 Å². The molecule has 6 heteroatoms. The molecule has 0 bridgehead atoms. The average Bonchev–Trinajstić information content (AvgIpc) is 3.21. The van der Waals surface area contributed by atoms with Gasteiger partial charge in [-0.25, -0.2) is 0 Å². The third-order valence-electron chi connectivity index (χ3n) is 11.5. The lowest BCUT2D eigenvalue weighted by atomic mass is 10.0. The Balaban J connectivity index is 3.52. The van der Waals surface area contributed by atoms with E-state index in [2.05, 4.69) is 31.3 Å². The Morgan fingerprint density at radius 1 is 0.474 bits per heavy atom. The molecule has 0 rings (SSSR count). The second-order valence-electron chi connectivity index (χ2n) is 17.1. The first-order chi connectivity index (χ1) is 28.0. The molecule has 0 aromatic heterocycles. The highest BCUT2D eigenvalue weighted by Gasteiger charge is 2.18. The van der Waals surface area contributed by atoms with Crippen LogP contribution in [-0.2, 0) is 14.3 Å². The molecule has 0 radical (unpaired) electrons. The summed E-state index contributed by atoms with van der Waals surface area (Å²) in [6.45, 7) is 4.84. The zero-order valence-corrected chi connectivity index (χ0v) is 38.1.